The van der Waals surface area contributed by atoms with Crippen molar-refractivity contribution in [1.29, 1.82) is 0 Å². The Kier molecular flexibility index (Phi) is 5.76. The van der Waals surface area contributed by atoms with Crippen LogP contribution in [0, 0.1) is 5.82 Å². The van der Waals surface area contributed by atoms with Crippen molar-refractivity contribution >= 4 is 29.4 Å². The fourth-order valence-corrected chi connectivity index (χ4v) is 3.21. The van der Waals surface area contributed by atoms with E-state index in [1.54, 1.807) is 36.4 Å². The molecule has 1 saturated heterocycles. The fourth-order valence-electron chi connectivity index (χ4n) is 3.21. The van der Waals surface area contributed by atoms with Gasteiger partial charge in [0, 0.05) is 0 Å². The zero-order valence-corrected chi connectivity index (χ0v) is 16.5. The lowest BCUT2D eigenvalue weighted by Gasteiger charge is -2.16. The third-order valence-corrected chi connectivity index (χ3v) is 4.77. The standard InChI is InChI=1S/C24H16FNO6/c25-17-11-13-18(14-12-17)26-21(27)19(31-23(29)15-7-3-1-4-8-15)20(22(26)28)32-24(30)16-9-5-2-6-10-16/h1-14,19-20H/t19-,20-/m0/s1. The number of hydrogen-bond acceptors (Lipinski definition) is 6. The number of ether oxygens (including phenoxy) is 2. The third kappa shape index (κ3) is 4.11. The number of nitrogens with zero attached hydrogens (tertiary/aromatic N) is 1. The summed E-state index contributed by atoms with van der Waals surface area (Å²) in [5.74, 6) is -4.10. The van der Waals surface area contributed by atoms with Crippen molar-refractivity contribution < 1.29 is 33.0 Å². The zero-order valence-electron chi connectivity index (χ0n) is 16.5. The van der Waals surface area contributed by atoms with Crippen LogP contribution in [0.15, 0.2) is 84.9 Å². The van der Waals surface area contributed by atoms with Gasteiger partial charge in [0.05, 0.1) is 16.8 Å². The molecular weight excluding hydrogens is 417 g/mol. The van der Waals surface area contributed by atoms with Crippen LogP contribution in [0.4, 0.5) is 10.1 Å². The number of anilines is 1. The molecule has 7 nitrogen and oxygen atoms in total. The van der Waals surface area contributed by atoms with Gasteiger partial charge >= 0.3 is 11.9 Å². The van der Waals surface area contributed by atoms with Crippen molar-refractivity contribution in [2.75, 3.05) is 4.90 Å². The summed E-state index contributed by atoms with van der Waals surface area (Å²) >= 11 is 0. The van der Waals surface area contributed by atoms with E-state index < -0.39 is 41.8 Å². The topological polar surface area (TPSA) is 90.0 Å². The number of carbonyl (C=O) groups excluding carboxylic acids is 4. The molecule has 1 heterocycles. The molecule has 8 heteroatoms. The molecular formula is C24H16FNO6. The Balaban J connectivity index is 1.65. The first kappa shape index (κ1) is 20.9. The van der Waals surface area contributed by atoms with E-state index in [0.717, 1.165) is 12.1 Å². The molecule has 0 bridgehead atoms. The largest absolute Gasteiger partial charge is 0.444 e. The van der Waals surface area contributed by atoms with Crippen LogP contribution in [0.3, 0.4) is 0 Å². The summed E-state index contributed by atoms with van der Waals surface area (Å²) in [6.45, 7) is 0. The van der Waals surface area contributed by atoms with Gasteiger partial charge in [0.15, 0.2) is 0 Å². The lowest BCUT2D eigenvalue weighted by atomic mass is 10.2. The maximum atomic E-state index is 13.3. The van der Waals surface area contributed by atoms with Gasteiger partial charge in [-0.05, 0) is 48.5 Å². The molecule has 0 saturated carbocycles. The molecule has 0 aromatic heterocycles. The Morgan fingerprint density at radius 3 is 1.47 bits per heavy atom. The summed E-state index contributed by atoms with van der Waals surface area (Å²) in [6, 6.07) is 20.3. The fraction of sp³-hybridized carbons (Fsp3) is 0.0833. The van der Waals surface area contributed by atoms with Crippen LogP contribution in [-0.4, -0.2) is 36.0 Å². The van der Waals surface area contributed by atoms with Gasteiger partial charge in [-0.3, -0.25) is 9.59 Å². The highest BCUT2D eigenvalue weighted by Gasteiger charge is 2.53. The van der Waals surface area contributed by atoms with Gasteiger partial charge in [0.1, 0.15) is 5.82 Å². The first-order chi connectivity index (χ1) is 15.5. The highest BCUT2D eigenvalue weighted by molar-refractivity contribution is 6.25. The average Bonchev–Trinajstić information content (AvgIpc) is 3.04. The van der Waals surface area contributed by atoms with Gasteiger partial charge in [-0.1, -0.05) is 36.4 Å². The molecule has 0 spiro atoms. The second kappa shape index (κ2) is 8.81. The predicted molar refractivity (Wildman–Crippen MR) is 110 cm³/mol. The van der Waals surface area contributed by atoms with Gasteiger partial charge in [-0.2, -0.15) is 0 Å². The summed E-state index contributed by atoms with van der Waals surface area (Å²) in [7, 11) is 0. The van der Waals surface area contributed by atoms with E-state index in [1.165, 1.54) is 36.4 Å². The van der Waals surface area contributed by atoms with Gasteiger partial charge in [0.25, 0.3) is 11.8 Å². The van der Waals surface area contributed by atoms with Crippen LogP contribution in [0.1, 0.15) is 20.7 Å². The van der Waals surface area contributed by atoms with Gasteiger partial charge < -0.3 is 9.47 Å². The predicted octanol–water partition coefficient (Wildman–Crippen LogP) is 3.15. The minimum atomic E-state index is -1.70. The minimum Gasteiger partial charge on any atom is -0.444 e. The normalized spacial score (nSPS) is 17.8. The van der Waals surface area contributed by atoms with Crippen molar-refractivity contribution in [1.82, 2.24) is 0 Å². The van der Waals surface area contributed by atoms with E-state index in [-0.39, 0.29) is 16.8 Å². The number of amides is 2. The average molecular weight is 433 g/mol. The highest BCUT2D eigenvalue weighted by atomic mass is 19.1. The highest BCUT2D eigenvalue weighted by Crippen LogP contribution is 2.28. The Labute approximate surface area is 182 Å². The van der Waals surface area contributed by atoms with E-state index in [0.29, 0.717) is 4.90 Å². The van der Waals surface area contributed by atoms with Crippen LogP contribution in [0.25, 0.3) is 0 Å². The molecule has 32 heavy (non-hydrogen) atoms. The number of rotatable bonds is 5. The van der Waals surface area contributed by atoms with E-state index in [4.69, 9.17) is 9.47 Å². The molecule has 3 aromatic rings. The van der Waals surface area contributed by atoms with Gasteiger partial charge in [-0.15, -0.1) is 0 Å². The summed E-state index contributed by atoms with van der Waals surface area (Å²) in [4.78, 5) is 51.9. The summed E-state index contributed by atoms with van der Waals surface area (Å²) < 4.78 is 23.9. The molecule has 3 aromatic carbocycles. The maximum Gasteiger partial charge on any atom is 0.339 e. The molecule has 0 N–H and O–H groups in total. The van der Waals surface area contributed by atoms with E-state index in [9.17, 15) is 23.6 Å². The number of carbonyl (C=O) groups is 4. The quantitative estimate of drug-likeness (QED) is 0.454. The van der Waals surface area contributed by atoms with Crippen molar-refractivity contribution in [2.24, 2.45) is 0 Å². The first-order valence-electron chi connectivity index (χ1n) is 9.61. The molecule has 2 atom stereocenters. The van der Waals surface area contributed by atoms with E-state index in [2.05, 4.69) is 0 Å². The summed E-state index contributed by atoms with van der Waals surface area (Å²) in [6.07, 6.45) is -3.40. The monoisotopic (exact) mass is 433 g/mol. The molecule has 0 radical (unpaired) electrons. The second-order valence-electron chi connectivity index (χ2n) is 6.87. The summed E-state index contributed by atoms with van der Waals surface area (Å²) in [5.41, 5.74) is 0.364. The van der Waals surface area contributed by atoms with Crippen molar-refractivity contribution in [3.05, 3.63) is 102 Å². The smallest absolute Gasteiger partial charge is 0.339 e. The van der Waals surface area contributed by atoms with Crippen LogP contribution in [-0.2, 0) is 19.1 Å². The molecule has 2 amide bonds. The lowest BCUT2D eigenvalue weighted by Crippen LogP contribution is -2.37. The maximum absolute atomic E-state index is 13.3. The number of benzene rings is 3. The number of esters is 2. The second-order valence-corrected chi connectivity index (χ2v) is 6.87. The van der Waals surface area contributed by atoms with Crippen molar-refractivity contribution in [2.45, 2.75) is 12.2 Å². The molecule has 0 unspecified atom stereocenters. The number of imide groups is 1. The molecule has 4 rings (SSSR count). The zero-order chi connectivity index (χ0) is 22.7. The van der Waals surface area contributed by atoms with Crippen LogP contribution in [0.2, 0.25) is 0 Å². The summed E-state index contributed by atoms with van der Waals surface area (Å²) in [5, 5.41) is 0. The third-order valence-electron chi connectivity index (χ3n) is 4.77. The Morgan fingerprint density at radius 1 is 0.656 bits per heavy atom. The van der Waals surface area contributed by atoms with E-state index in [1.807, 2.05) is 0 Å². The molecule has 1 aliphatic heterocycles. The first-order valence-corrected chi connectivity index (χ1v) is 9.61. The lowest BCUT2D eigenvalue weighted by molar-refractivity contribution is -0.130. The molecule has 1 fully saturated rings. The van der Waals surface area contributed by atoms with Crippen molar-refractivity contribution in [3.8, 4) is 0 Å². The van der Waals surface area contributed by atoms with E-state index >= 15 is 0 Å². The van der Waals surface area contributed by atoms with Gasteiger partial charge in [-0.25, -0.2) is 18.9 Å². The van der Waals surface area contributed by atoms with Crippen LogP contribution < -0.4 is 4.90 Å². The number of halogens is 1. The molecule has 0 aliphatic carbocycles. The Bertz CT molecular complexity index is 1090. The minimum absolute atomic E-state index is 0.0559. The molecule has 160 valence electrons. The Morgan fingerprint density at radius 2 is 1.06 bits per heavy atom. The number of hydrogen-bond donors (Lipinski definition) is 0. The van der Waals surface area contributed by atoms with Crippen LogP contribution in [0.5, 0.6) is 0 Å². The van der Waals surface area contributed by atoms with Crippen LogP contribution >= 0.6 is 0 Å². The van der Waals surface area contributed by atoms with Gasteiger partial charge in [0.2, 0.25) is 12.2 Å². The SMILES string of the molecule is O=C(O[C@@H]1C(=O)N(c2ccc(F)cc2)C(=O)[C@H]1OC(=O)c1ccccc1)c1ccccc1. The molecule has 1 aliphatic rings. The Hall–Kier alpha value is -4.33. The van der Waals surface area contributed by atoms with Crippen molar-refractivity contribution in [3.63, 3.8) is 0 Å².